The largest absolute Gasteiger partial charge is 0.376 e. The standard InChI is InChI=1S/C29H31N5O2/c1-19(2)15-26(25-5-3-4-13-30-25)31-28(35)21-8-11-24-23(16-21)27(33-32-24)20-6-9-22(10-7-20)34-14-12-29(34)17-36-18-29/h3-11,13,16,19,26H,12,14-15,17-18H2,1-2H3,(H,31,35)(H,32,33). The molecule has 0 bridgehead atoms. The van der Waals surface area contributed by atoms with Crippen molar-refractivity contribution < 1.29 is 9.53 Å². The predicted molar refractivity (Wildman–Crippen MR) is 141 cm³/mol. The molecule has 0 aliphatic carbocycles. The fourth-order valence-electron chi connectivity index (χ4n) is 5.30. The molecule has 184 valence electrons. The number of carbonyl (C=O) groups excluding carboxylic acids is 1. The van der Waals surface area contributed by atoms with Gasteiger partial charge in [-0.3, -0.25) is 14.9 Å². The first-order chi connectivity index (χ1) is 17.5. The first kappa shape index (κ1) is 22.7. The van der Waals surface area contributed by atoms with Gasteiger partial charge in [0, 0.05) is 34.9 Å². The van der Waals surface area contributed by atoms with E-state index in [9.17, 15) is 4.79 Å². The molecule has 2 aliphatic rings. The quantitative estimate of drug-likeness (QED) is 0.383. The van der Waals surface area contributed by atoms with Crippen LogP contribution in [0, 0.1) is 5.92 Å². The van der Waals surface area contributed by atoms with Gasteiger partial charge in [0.15, 0.2) is 0 Å². The van der Waals surface area contributed by atoms with Crippen molar-refractivity contribution in [3.63, 3.8) is 0 Å². The Labute approximate surface area is 210 Å². The van der Waals surface area contributed by atoms with Crippen molar-refractivity contribution in [2.24, 2.45) is 5.92 Å². The smallest absolute Gasteiger partial charge is 0.251 e. The number of ether oxygens (including phenoxy) is 1. The molecule has 7 nitrogen and oxygen atoms in total. The van der Waals surface area contributed by atoms with Crippen LogP contribution in [0.1, 0.15) is 48.8 Å². The lowest BCUT2D eigenvalue weighted by Gasteiger charge is -2.58. The molecule has 36 heavy (non-hydrogen) atoms. The average Bonchev–Trinajstić information content (AvgIpc) is 3.26. The summed E-state index contributed by atoms with van der Waals surface area (Å²) in [5.74, 6) is 0.313. The van der Waals surface area contributed by atoms with Crippen molar-refractivity contribution in [2.75, 3.05) is 24.7 Å². The minimum absolute atomic E-state index is 0.110. The van der Waals surface area contributed by atoms with E-state index in [1.54, 1.807) is 6.20 Å². The molecule has 4 heterocycles. The number of nitrogens with zero attached hydrogens (tertiary/aromatic N) is 3. The number of carbonyl (C=O) groups is 1. The summed E-state index contributed by atoms with van der Waals surface area (Å²) < 4.78 is 5.47. The number of aromatic nitrogens is 3. The molecular formula is C29H31N5O2. The van der Waals surface area contributed by atoms with Gasteiger partial charge in [-0.05, 0) is 61.2 Å². The van der Waals surface area contributed by atoms with Crippen molar-refractivity contribution in [1.82, 2.24) is 20.5 Å². The number of anilines is 1. The number of amides is 1. The third-order valence-electron chi connectivity index (χ3n) is 7.45. The number of fused-ring (bicyclic) bond motifs is 1. The first-order valence-corrected chi connectivity index (χ1v) is 12.7. The molecule has 6 rings (SSSR count). The molecule has 2 aromatic carbocycles. The third kappa shape index (κ3) is 4.03. The number of aromatic amines is 1. The van der Waals surface area contributed by atoms with Crippen molar-refractivity contribution >= 4 is 22.5 Å². The first-order valence-electron chi connectivity index (χ1n) is 12.7. The van der Waals surface area contributed by atoms with Crippen molar-refractivity contribution in [1.29, 1.82) is 0 Å². The Hall–Kier alpha value is -3.71. The number of rotatable bonds is 7. The summed E-state index contributed by atoms with van der Waals surface area (Å²) in [4.78, 5) is 20.2. The monoisotopic (exact) mass is 481 g/mol. The lowest BCUT2D eigenvalue weighted by molar-refractivity contribution is -0.0847. The molecule has 1 unspecified atom stereocenters. The molecule has 7 heteroatoms. The Balaban J connectivity index is 1.25. The van der Waals surface area contributed by atoms with E-state index in [4.69, 9.17) is 4.74 Å². The highest BCUT2D eigenvalue weighted by molar-refractivity contribution is 6.01. The van der Waals surface area contributed by atoms with E-state index >= 15 is 0 Å². The second-order valence-corrected chi connectivity index (χ2v) is 10.4. The molecule has 2 saturated heterocycles. The summed E-state index contributed by atoms with van der Waals surface area (Å²) in [6.07, 6.45) is 3.78. The SMILES string of the molecule is CC(C)CC(NC(=O)c1ccc2[nH]nc(-c3ccc(N4CCC45COC5)cc3)c2c1)c1ccccn1. The minimum atomic E-state index is -0.142. The highest BCUT2D eigenvalue weighted by Crippen LogP contribution is 2.41. The van der Waals surface area contributed by atoms with E-state index < -0.39 is 0 Å². The summed E-state index contributed by atoms with van der Waals surface area (Å²) in [7, 11) is 0. The topological polar surface area (TPSA) is 83.1 Å². The van der Waals surface area contributed by atoms with Gasteiger partial charge >= 0.3 is 0 Å². The number of hydrogen-bond donors (Lipinski definition) is 2. The number of H-pyrrole nitrogens is 1. The van der Waals surface area contributed by atoms with Crippen molar-refractivity contribution in [3.05, 3.63) is 78.1 Å². The summed E-state index contributed by atoms with van der Waals surface area (Å²) in [6, 6.07) is 19.9. The number of pyridine rings is 1. The molecule has 2 fully saturated rings. The normalized spacial score (nSPS) is 17.1. The lowest BCUT2D eigenvalue weighted by Crippen LogP contribution is -2.71. The zero-order valence-corrected chi connectivity index (χ0v) is 20.7. The maximum atomic E-state index is 13.3. The van der Waals surface area contributed by atoms with E-state index in [1.807, 2.05) is 36.4 Å². The van der Waals surface area contributed by atoms with E-state index in [0.717, 1.165) is 54.0 Å². The van der Waals surface area contributed by atoms with Gasteiger partial charge in [0.25, 0.3) is 5.91 Å². The summed E-state index contributed by atoms with van der Waals surface area (Å²) in [5.41, 5.74) is 5.70. The zero-order valence-electron chi connectivity index (χ0n) is 20.7. The summed E-state index contributed by atoms with van der Waals surface area (Å²) in [6.45, 7) is 7.02. The number of benzene rings is 2. The molecule has 1 atom stereocenters. The maximum absolute atomic E-state index is 13.3. The molecule has 2 N–H and O–H groups in total. The Bertz CT molecular complexity index is 1370. The lowest BCUT2D eigenvalue weighted by atomic mass is 9.82. The summed E-state index contributed by atoms with van der Waals surface area (Å²) >= 11 is 0. The Morgan fingerprint density at radius 2 is 1.97 bits per heavy atom. The number of nitrogens with one attached hydrogen (secondary N) is 2. The van der Waals surface area contributed by atoms with Crippen LogP contribution in [0.5, 0.6) is 0 Å². The van der Waals surface area contributed by atoms with Crippen LogP contribution in [0.15, 0.2) is 66.9 Å². The predicted octanol–water partition coefficient (Wildman–Crippen LogP) is 5.12. The molecular weight excluding hydrogens is 450 g/mol. The number of hydrogen-bond acceptors (Lipinski definition) is 5. The van der Waals surface area contributed by atoms with Gasteiger partial charge in [-0.15, -0.1) is 0 Å². The summed E-state index contributed by atoms with van der Waals surface area (Å²) in [5, 5.41) is 11.8. The van der Waals surface area contributed by atoms with Gasteiger partial charge in [0.05, 0.1) is 41.7 Å². The molecule has 1 spiro atoms. The molecule has 0 radical (unpaired) electrons. The zero-order chi connectivity index (χ0) is 24.7. The third-order valence-corrected chi connectivity index (χ3v) is 7.45. The van der Waals surface area contributed by atoms with Gasteiger partial charge in [-0.2, -0.15) is 5.10 Å². The molecule has 4 aromatic rings. The van der Waals surface area contributed by atoms with Crippen LogP contribution in [-0.2, 0) is 4.74 Å². The molecule has 1 amide bonds. The van der Waals surface area contributed by atoms with E-state index in [2.05, 4.69) is 63.5 Å². The van der Waals surface area contributed by atoms with Gasteiger partial charge in [-0.1, -0.05) is 32.0 Å². The van der Waals surface area contributed by atoms with Gasteiger partial charge in [-0.25, -0.2) is 0 Å². The maximum Gasteiger partial charge on any atom is 0.251 e. The van der Waals surface area contributed by atoms with Gasteiger partial charge in [0.2, 0.25) is 0 Å². The van der Waals surface area contributed by atoms with Crippen molar-refractivity contribution in [3.8, 4) is 11.3 Å². The highest BCUT2D eigenvalue weighted by Gasteiger charge is 2.50. The average molecular weight is 482 g/mol. The minimum Gasteiger partial charge on any atom is -0.376 e. The van der Waals surface area contributed by atoms with Gasteiger partial charge in [0.1, 0.15) is 0 Å². The highest BCUT2D eigenvalue weighted by atomic mass is 16.5. The Morgan fingerprint density at radius 1 is 1.14 bits per heavy atom. The second-order valence-electron chi connectivity index (χ2n) is 10.4. The van der Waals surface area contributed by atoms with Crippen molar-refractivity contribution in [2.45, 2.75) is 38.3 Å². The van der Waals surface area contributed by atoms with E-state index in [1.165, 1.54) is 12.1 Å². The van der Waals surface area contributed by atoms with Crippen LogP contribution in [0.3, 0.4) is 0 Å². The molecule has 0 saturated carbocycles. The Kier molecular flexibility index (Phi) is 5.72. The van der Waals surface area contributed by atoms with Crippen LogP contribution in [0.4, 0.5) is 5.69 Å². The fraction of sp³-hybridized carbons (Fsp3) is 0.345. The van der Waals surface area contributed by atoms with E-state index in [0.29, 0.717) is 11.5 Å². The van der Waals surface area contributed by atoms with Crippen LogP contribution in [0.2, 0.25) is 0 Å². The van der Waals surface area contributed by atoms with E-state index in [-0.39, 0.29) is 17.5 Å². The molecule has 2 aliphatic heterocycles. The Morgan fingerprint density at radius 3 is 2.61 bits per heavy atom. The molecule has 2 aromatic heterocycles. The fourth-order valence-corrected chi connectivity index (χ4v) is 5.30. The second kappa shape index (κ2) is 9.06. The van der Waals surface area contributed by atoms with Gasteiger partial charge < -0.3 is 15.0 Å². The van der Waals surface area contributed by atoms with Crippen LogP contribution in [0.25, 0.3) is 22.2 Å². The van der Waals surface area contributed by atoms with Crippen LogP contribution in [-0.4, -0.2) is 46.4 Å². The van der Waals surface area contributed by atoms with Crippen LogP contribution >= 0.6 is 0 Å². The van der Waals surface area contributed by atoms with Crippen LogP contribution < -0.4 is 10.2 Å².